The van der Waals surface area contributed by atoms with Gasteiger partial charge in [0.25, 0.3) is 0 Å². The largest absolute Gasteiger partial charge is 0.454 e. The van der Waals surface area contributed by atoms with Gasteiger partial charge in [-0.05, 0) is 44.0 Å². The Bertz CT molecular complexity index is 639. The molecule has 0 fully saturated rings. The van der Waals surface area contributed by atoms with Crippen molar-refractivity contribution in [2.75, 3.05) is 6.79 Å². The van der Waals surface area contributed by atoms with Crippen LogP contribution in [0.15, 0.2) is 42.5 Å². The Morgan fingerprint density at radius 3 is 2.38 bits per heavy atom. The Kier molecular flexibility index (Phi) is 3.84. The first-order chi connectivity index (χ1) is 10.1. The molecule has 110 valence electrons. The van der Waals surface area contributed by atoms with Crippen LogP contribution in [0, 0.1) is 6.92 Å². The highest BCUT2D eigenvalue weighted by Gasteiger charge is 2.17. The van der Waals surface area contributed by atoms with Gasteiger partial charge in [0, 0.05) is 12.1 Å². The van der Waals surface area contributed by atoms with Crippen LogP contribution >= 0.6 is 0 Å². The molecule has 3 heteroatoms. The summed E-state index contributed by atoms with van der Waals surface area (Å²) in [4.78, 5) is 0. The van der Waals surface area contributed by atoms with E-state index in [2.05, 4.69) is 62.5 Å². The van der Waals surface area contributed by atoms with Gasteiger partial charge < -0.3 is 14.8 Å². The third kappa shape index (κ3) is 3.03. The summed E-state index contributed by atoms with van der Waals surface area (Å²) < 4.78 is 10.8. The number of aryl methyl sites for hydroxylation is 1. The third-order valence-corrected chi connectivity index (χ3v) is 3.94. The molecule has 3 nitrogen and oxygen atoms in total. The van der Waals surface area contributed by atoms with E-state index in [4.69, 9.17) is 9.47 Å². The Morgan fingerprint density at radius 1 is 0.905 bits per heavy atom. The minimum Gasteiger partial charge on any atom is -0.454 e. The van der Waals surface area contributed by atoms with Gasteiger partial charge in [-0.2, -0.15) is 0 Å². The van der Waals surface area contributed by atoms with Crippen LogP contribution in [-0.4, -0.2) is 6.79 Å². The lowest BCUT2D eigenvalue weighted by molar-refractivity contribution is 0.174. The summed E-state index contributed by atoms with van der Waals surface area (Å²) in [6.07, 6.45) is 0. The third-order valence-electron chi connectivity index (χ3n) is 3.94. The molecule has 21 heavy (non-hydrogen) atoms. The van der Waals surface area contributed by atoms with Gasteiger partial charge in [-0.15, -0.1) is 0 Å². The predicted molar refractivity (Wildman–Crippen MR) is 83.7 cm³/mol. The van der Waals surface area contributed by atoms with Crippen molar-refractivity contribution in [3.8, 4) is 11.5 Å². The number of benzene rings is 2. The first-order valence-corrected chi connectivity index (χ1v) is 7.35. The molecule has 0 aliphatic carbocycles. The molecule has 1 unspecified atom stereocenters. The Hall–Kier alpha value is -2.00. The smallest absolute Gasteiger partial charge is 0.231 e. The minimum absolute atomic E-state index is 0.245. The molecule has 0 saturated carbocycles. The fourth-order valence-electron chi connectivity index (χ4n) is 2.69. The van der Waals surface area contributed by atoms with Crippen LogP contribution in [0.1, 0.15) is 42.6 Å². The lowest BCUT2D eigenvalue weighted by Crippen LogP contribution is -2.22. The van der Waals surface area contributed by atoms with Gasteiger partial charge in [-0.25, -0.2) is 0 Å². The molecule has 1 N–H and O–H groups in total. The Labute approximate surface area is 125 Å². The molecule has 0 amide bonds. The highest BCUT2D eigenvalue weighted by molar-refractivity contribution is 5.45. The maximum absolute atomic E-state index is 5.44. The van der Waals surface area contributed by atoms with Gasteiger partial charge in [0.05, 0.1) is 0 Å². The summed E-state index contributed by atoms with van der Waals surface area (Å²) in [6.45, 7) is 6.81. The van der Waals surface area contributed by atoms with E-state index >= 15 is 0 Å². The number of hydrogen-bond donors (Lipinski definition) is 1. The van der Waals surface area contributed by atoms with E-state index in [1.165, 1.54) is 16.7 Å². The van der Waals surface area contributed by atoms with Crippen LogP contribution in [0.5, 0.6) is 11.5 Å². The zero-order chi connectivity index (χ0) is 14.8. The summed E-state index contributed by atoms with van der Waals surface area (Å²) in [5, 5.41) is 3.63. The van der Waals surface area contributed by atoms with Crippen LogP contribution in [0.25, 0.3) is 0 Å². The first kappa shape index (κ1) is 14.0. The molecule has 2 aromatic carbocycles. The molecule has 0 bridgehead atoms. The maximum atomic E-state index is 5.44. The normalized spacial score (nSPS) is 15.8. The lowest BCUT2D eigenvalue weighted by Gasteiger charge is -2.21. The van der Waals surface area contributed by atoms with Gasteiger partial charge in [-0.1, -0.05) is 35.9 Å². The second-order valence-electron chi connectivity index (χ2n) is 5.64. The summed E-state index contributed by atoms with van der Waals surface area (Å²) in [5.41, 5.74) is 3.80. The first-order valence-electron chi connectivity index (χ1n) is 7.35. The molecule has 3 rings (SSSR count). The number of nitrogens with one attached hydrogen (secondary N) is 1. The molecule has 0 saturated heterocycles. The van der Waals surface area contributed by atoms with Gasteiger partial charge >= 0.3 is 0 Å². The van der Waals surface area contributed by atoms with E-state index in [0.717, 1.165) is 11.5 Å². The molecule has 0 radical (unpaired) electrons. The van der Waals surface area contributed by atoms with Crippen molar-refractivity contribution in [3.05, 3.63) is 59.2 Å². The second-order valence-corrected chi connectivity index (χ2v) is 5.64. The van der Waals surface area contributed by atoms with Crippen LogP contribution in [-0.2, 0) is 0 Å². The van der Waals surface area contributed by atoms with Crippen molar-refractivity contribution in [3.63, 3.8) is 0 Å². The fraction of sp³-hybridized carbons (Fsp3) is 0.333. The van der Waals surface area contributed by atoms with Gasteiger partial charge in [0.1, 0.15) is 0 Å². The molecule has 2 atom stereocenters. The summed E-state index contributed by atoms with van der Waals surface area (Å²) in [6, 6.07) is 15.3. The van der Waals surface area contributed by atoms with Gasteiger partial charge in [-0.3, -0.25) is 0 Å². The molecule has 1 aliphatic heterocycles. The molecule has 1 heterocycles. The molecular weight excluding hydrogens is 262 g/mol. The average Bonchev–Trinajstić information content (AvgIpc) is 2.94. The summed E-state index contributed by atoms with van der Waals surface area (Å²) in [7, 11) is 0. The summed E-state index contributed by atoms with van der Waals surface area (Å²) >= 11 is 0. The Balaban J connectivity index is 1.72. The van der Waals surface area contributed by atoms with E-state index in [0.29, 0.717) is 12.8 Å². The van der Waals surface area contributed by atoms with Crippen LogP contribution in [0.3, 0.4) is 0 Å². The highest BCUT2D eigenvalue weighted by atomic mass is 16.7. The standard InChI is InChI=1S/C18H21NO2/c1-12-5-4-6-15(9-12)13(2)19-14(3)16-7-8-17-18(10-16)21-11-20-17/h4-10,13-14,19H,11H2,1-3H3/t13-,14?/m1/s1. The number of ether oxygens (including phenoxy) is 2. The molecule has 0 aromatic heterocycles. The van der Waals surface area contributed by atoms with Gasteiger partial charge in [0.2, 0.25) is 6.79 Å². The van der Waals surface area contributed by atoms with Crippen LogP contribution in [0.2, 0.25) is 0 Å². The van der Waals surface area contributed by atoms with E-state index in [1.54, 1.807) is 0 Å². The average molecular weight is 283 g/mol. The predicted octanol–water partition coefficient (Wildman–Crippen LogP) is 4.14. The number of rotatable bonds is 4. The minimum atomic E-state index is 0.245. The zero-order valence-electron chi connectivity index (χ0n) is 12.7. The second kappa shape index (κ2) is 5.78. The van der Waals surface area contributed by atoms with E-state index in [1.807, 2.05) is 6.07 Å². The van der Waals surface area contributed by atoms with E-state index < -0.39 is 0 Å². The van der Waals surface area contributed by atoms with Crippen molar-refractivity contribution in [1.29, 1.82) is 0 Å². The fourth-order valence-corrected chi connectivity index (χ4v) is 2.69. The zero-order valence-corrected chi connectivity index (χ0v) is 12.7. The number of fused-ring (bicyclic) bond motifs is 1. The van der Waals surface area contributed by atoms with Crippen molar-refractivity contribution in [2.45, 2.75) is 32.9 Å². The van der Waals surface area contributed by atoms with Crippen molar-refractivity contribution < 1.29 is 9.47 Å². The van der Waals surface area contributed by atoms with Gasteiger partial charge in [0.15, 0.2) is 11.5 Å². The van der Waals surface area contributed by atoms with Crippen molar-refractivity contribution in [1.82, 2.24) is 5.32 Å². The van der Waals surface area contributed by atoms with Crippen LogP contribution < -0.4 is 14.8 Å². The van der Waals surface area contributed by atoms with Crippen molar-refractivity contribution in [2.24, 2.45) is 0 Å². The lowest BCUT2D eigenvalue weighted by atomic mass is 10.0. The van der Waals surface area contributed by atoms with E-state index in [9.17, 15) is 0 Å². The molecule has 0 spiro atoms. The number of hydrogen-bond acceptors (Lipinski definition) is 3. The molecular formula is C18H21NO2. The molecule has 2 aromatic rings. The van der Waals surface area contributed by atoms with Crippen molar-refractivity contribution >= 4 is 0 Å². The van der Waals surface area contributed by atoms with Crippen LogP contribution in [0.4, 0.5) is 0 Å². The monoisotopic (exact) mass is 283 g/mol. The SMILES string of the molecule is Cc1cccc([C@@H](C)NC(C)c2ccc3c(c2)OCO3)c1. The quantitative estimate of drug-likeness (QED) is 0.915. The highest BCUT2D eigenvalue weighted by Crippen LogP contribution is 2.34. The maximum Gasteiger partial charge on any atom is 0.231 e. The topological polar surface area (TPSA) is 30.5 Å². The Morgan fingerprint density at radius 2 is 1.62 bits per heavy atom. The molecule has 1 aliphatic rings. The van der Waals surface area contributed by atoms with E-state index in [-0.39, 0.29) is 6.04 Å². The summed E-state index contributed by atoms with van der Waals surface area (Å²) in [5.74, 6) is 1.67.